The lowest BCUT2D eigenvalue weighted by Gasteiger charge is -2.11. The Balaban J connectivity index is 1.84. The van der Waals surface area contributed by atoms with Crippen LogP contribution in [0.15, 0.2) is 66.9 Å². The Morgan fingerprint density at radius 2 is 1.86 bits per heavy atom. The molecule has 2 heteroatoms. The summed E-state index contributed by atoms with van der Waals surface area (Å²) in [4.78, 5) is 4.35. The average Bonchev–Trinajstić information content (AvgIpc) is 2.55. The van der Waals surface area contributed by atoms with Gasteiger partial charge in [0.15, 0.2) is 0 Å². The first-order valence-electron chi connectivity index (χ1n) is 6.93. The Hall–Kier alpha value is -2.61. The number of aromatic nitrogens is 1. The van der Waals surface area contributed by atoms with Gasteiger partial charge in [0, 0.05) is 29.1 Å². The van der Waals surface area contributed by atoms with Crippen LogP contribution in [0, 0.1) is 13.0 Å². The normalized spacial score (nSPS) is 10.3. The van der Waals surface area contributed by atoms with Gasteiger partial charge in [0.1, 0.15) is 12.4 Å². The summed E-state index contributed by atoms with van der Waals surface area (Å²) in [6.45, 7) is 2.52. The lowest BCUT2D eigenvalue weighted by Crippen LogP contribution is -1.97. The average molecular weight is 274 g/mol. The third-order valence-electron chi connectivity index (χ3n) is 3.27. The molecule has 0 atom stereocenters. The molecule has 0 aliphatic carbocycles. The highest BCUT2D eigenvalue weighted by Crippen LogP contribution is 2.29. The van der Waals surface area contributed by atoms with Gasteiger partial charge in [-0.05, 0) is 18.6 Å². The van der Waals surface area contributed by atoms with Crippen LogP contribution in [0.5, 0.6) is 5.75 Å². The van der Waals surface area contributed by atoms with Crippen LogP contribution in [0.2, 0.25) is 0 Å². The van der Waals surface area contributed by atoms with Crippen molar-refractivity contribution in [2.45, 2.75) is 13.5 Å². The van der Waals surface area contributed by atoms with Gasteiger partial charge < -0.3 is 4.74 Å². The maximum absolute atomic E-state index is 5.92. The van der Waals surface area contributed by atoms with E-state index in [9.17, 15) is 0 Å². The monoisotopic (exact) mass is 274 g/mol. The Kier molecular flexibility index (Phi) is 3.97. The van der Waals surface area contributed by atoms with Gasteiger partial charge in [0.05, 0.1) is 0 Å². The van der Waals surface area contributed by atoms with Crippen LogP contribution in [0.4, 0.5) is 0 Å². The summed E-state index contributed by atoms with van der Waals surface area (Å²) in [6, 6.07) is 23.2. The van der Waals surface area contributed by atoms with E-state index >= 15 is 0 Å². The lowest BCUT2D eigenvalue weighted by atomic mass is 10.1. The van der Waals surface area contributed by atoms with Gasteiger partial charge in [0.25, 0.3) is 0 Å². The van der Waals surface area contributed by atoms with Crippen LogP contribution in [0.25, 0.3) is 11.1 Å². The maximum atomic E-state index is 5.92. The molecule has 3 aromatic rings. The number of ether oxygens (including phenoxy) is 1. The number of aryl methyl sites for hydroxylation is 1. The smallest absolute Gasteiger partial charge is 0.135 e. The lowest BCUT2D eigenvalue weighted by molar-refractivity contribution is 0.307. The predicted octanol–water partition coefficient (Wildman–Crippen LogP) is 4.44. The Bertz CT molecular complexity index is 705. The third kappa shape index (κ3) is 3.29. The highest BCUT2D eigenvalue weighted by atomic mass is 16.5. The van der Waals surface area contributed by atoms with E-state index in [1.807, 2.05) is 55.6 Å². The zero-order chi connectivity index (χ0) is 14.5. The zero-order valence-corrected chi connectivity index (χ0v) is 11.9. The van der Waals surface area contributed by atoms with Crippen molar-refractivity contribution in [1.29, 1.82) is 0 Å². The minimum absolute atomic E-state index is 0.535. The second-order valence-electron chi connectivity index (χ2n) is 4.88. The first kappa shape index (κ1) is 13.4. The highest BCUT2D eigenvalue weighted by molar-refractivity contribution is 5.69. The van der Waals surface area contributed by atoms with Crippen molar-refractivity contribution >= 4 is 0 Å². The van der Waals surface area contributed by atoms with Crippen molar-refractivity contribution in [3.63, 3.8) is 0 Å². The van der Waals surface area contributed by atoms with Crippen molar-refractivity contribution in [3.8, 4) is 16.9 Å². The van der Waals surface area contributed by atoms with Gasteiger partial charge in [0.2, 0.25) is 0 Å². The van der Waals surface area contributed by atoms with Crippen LogP contribution in [-0.2, 0) is 6.61 Å². The molecule has 0 saturated carbocycles. The van der Waals surface area contributed by atoms with Crippen molar-refractivity contribution in [3.05, 3.63) is 84.2 Å². The molecule has 1 heterocycles. The van der Waals surface area contributed by atoms with Crippen LogP contribution >= 0.6 is 0 Å². The fourth-order valence-corrected chi connectivity index (χ4v) is 2.13. The third-order valence-corrected chi connectivity index (χ3v) is 3.27. The summed E-state index contributed by atoms with van der Waals surface area (Å²) in [7, 11) is 0. The quantitative estimate of drug-likeness (QED) is 0.702. The number of pyridine rings is 1. The van der Waals surface area contributed by atoms with Gasteiger partial charge >= 0.3 is 0 Å². The van der Waals surface area contributed by atoms with E-state index in [0.717, 1.165) is 28.1 Å². The summed E-state index contributed by atoms with van der Waals surface area (Å²) in [6.07, 6.45) is 1.87. The van der Waals surface area contributed by atoms with Gasteiger partial charge in [-0.25, -0.2) is 0 Å². The Labute approximate surface area is 125 Å². The Morgan fingerprint density at radius 3 is 2.62 bits per heavy atom. The molecule has 0 aliphatic rings. The van der Waals surface area contributed by atoms with Crippen molar-refractivity contribution < 1.29 is 4.74 Å². The number of benzene rings is 2. The molecular formula is C19H16NO. The van der Waals surface area contributed by atoms with E-state index < -0.39 is 0 Å². The van der Waals surface area contributed by atoms with Crippen LogP contribution < -0.4 is 4.74 Å². The summed E-state index contributed by atoms with van der Waals surface area (Å²) >= 11 is 0. The van der Waals surface area contributed by atoms with E-state index in [1.165, 1.54) is 0 Å². The standard InChI is InChI=1S/C19H16NO/c1-15-11-12-17(13-20-15)18-9-5-6-10-19(18)21-14-16-7-3-2-4-8-16/h2-9,11-13H,14H2,1H3. The topological polar surface area (TPSA) is 22.1 Å². The molecule has 0 spiro atoms. The zero-order valence-electron chi connectivity index (χ0n) is 11.9. The number of para-hydroxylation sites is 1. The van der Waals surface area contributed by atoms with E-state index in [0.29, 0.717) is 6.61 Å². The maximum Gasteiger partial charge on any atom is 0.135 e. The van der Waals surface area contributed by atoms with Crippen molar-refractivity contribution in [2.24, 2.45) is 0 Å². The largest absolute Gasteiger partial charge is 0.488 e. The highest BCUT2D eigenvalue weighted by Gasteiger charge is 2.06. The summed E-state index contributed by atoms with van der Waals surface area (Å²) in [5.41, 5.74) is 4.20. The SMILES string of the molecule is Cc1ccc(-c2ccc[c]c2OCc2ccccc2)cn1. The molecule has 0 saturated heterocycles. The number of hydrogen-bond acceptors (Lipinski definition) is 2. The molecule has 1 radical (unpaired) electrons. The fraction of sp³-hybridized carbons (Fsp3) is 0.105. The van der Waals surface area contributed by atoms with Gasteiger partial charge in [-0.2, -0.15) is 0 Å². The van der Waals surface area contributed by atoms with Crippen LogP contribution in [-0.4, -0.2) is 4.98 Å². The minimum atomic E-state index is 0.535. The molecule has 0 fully saturated rings. The molecule has 3 rings (SSSR count). The Morgan fingerprint density at radius 1 is 1.00 bits per heavy atom. The van der Waals surface area contributed by atoms with Crippen molar-refractivity contribution in [2.75, 3.05) is 0 Å². The molecular weight excluding hydrogens is 258 g/mol. The van der Waals surface area contributed by atoms with E-state index in [2.05, 4.69) is 29.2 Å². The first-order valence-corrected chi connectivity index (χ1v) is 6.93. The molecule has 0 bridgehead atoms. The predicted molar refractivity (Wildman–Crippen MR) is 84.0 cm³/mol. The van der Waals surface area contributed by atoms with Gasteiger partial charge in [-0.15, -0.1) is 0 Å². The summed E-state index contributed by atoms with van der Waals surface area (Å²) in [5.74, 6) is 0.756. The molecule has 2 nitrogen and oxygen atoms in total. The van der Waals surface area contributed by atoms with Gasteiger partial charge in [-0.1, -0.05) is 54.6 Å². The van der Waals surface area contributed by atoms with Crippen molar-refractivity contribution in [1.82, 2.24) is 4.98 Å². The molecule has 103 valence electrons. The second kappa shape index (κ2) is 6.23. The van der Waals surface area contributed by atoms with Crippen LogP contribution in [0.1, 0.15) is 11.3 Å². The molecule has 0 aliphatic heterocycles. The molecule has 2 aromatic carbocycles. The summed E-state index contributed by atoms with van der Waals surface area (Å²) < 4.78 is 5.92. The number of hydrogen-bond donors (Lipinski definition) is 0. The van der Waals surface area contributed by atoms with Gasteiger partial charge in [-0.3, -0.25) is 4.98 Å². The minimum Gasteiger partial charge on any atom is -0.488 e. The number of nitrogens with zero attached hydrogens (tertiary/aromatic N) is 1. The molecule has 1 aromatic heterocycles. The van der Waals surface area contributed by atoms with E-state index in [4.69, 9.17) is 4.74 Å². The molecule has 0 N–H and O–H groups in total. The second-order valence-corrected chi connectivity index (χ2v) is 4.88. The van der Waals surface area contributed by atoms with E-state index in [1.54, 1.807) is 0 Å². The fourth-order valence-electron chi connectivity index (χ4n) is 2.13. The van der Waals surface area contributed by atoms with Crippen LogP contribution in [0.3, 0.4) is 0 Å². The molecule has 21 heavy (non-hydrogen) atoms. The molecule has 0 amide bonds. The van der Waals surface area contributed by atoms with E-state index in [-0.39, 0.29) is 0 Å². The number of rotatable bonds is 4. The first-order chi connectivity index (χ1) is 10.3. The molecule has 0 unspecified atom stereocenters. The summed E-state index contributed by atoms with van der Waals surface area (Å²) in [5, 5.41) is 0.